The average molecular weight is 407 g/mol. The number of carbonyl (C=O) groups is 3. The summed E-state index contributed by atoms with van der Waals surface area (Å²) in [7, 11) is 3.36. The second-order valence-corrected chi connectivity index (χ2v) is 7.25. The van der Waals surface area contributed by atoms with Gasteiger partial charge >= 0.3 is 5.69 Å². The van der Waals surface area contributed by atoms with E-state index in [1.54, 1.807) is 56.6 Å². The van der Waals surface area contributed by atoms with Gasteiger partial charge in [-0.1, -0.05) is 12.1 Å². The van der Waals surface area contributed by atoms with E-state index in [4.69, 9.17) is 0 Å². The number of para-hydroxylation sites is 1. The Hall–Kier alpha value is -3.88. The van der Waals surface area contributed by atoms with Crippen molar-refractivity contribution in [2.24, 2.45) is 14.1 Å². The number of carbonyl (C=O) groups excluding carboxylic acids is 3. The first-order valence-corrected chi connectivity index (χ1v) is 9.51. The maximum absolute atomic E-state index is 12.4. The SMILES string of the molecule is Cn1c(=O)n(C)c2cc(NC(=O)CC[C@@H]3NC(=O)c4ccccc4NC3=O)ccc21. The van der Waals surface area contributed by atoms with Crippen molar-refractivity contribution in [3.8, 4) is 0 Å². The molecule has 1 aliphatic rings. The Morgan fingerprint density at radius 3 is 2.57 bits per heavy atom. The molecule has 0 saturated carbocycles. The van der Waals surface area contributed by atoms with Crippen LogP contribution < -0.4 is 21.6 Å². The summed E-state index contributed by atoms with van der Waals surface area (Å²) < 4.78 is 3.04. The molecule has 1 atom stereocenters. The Labute approximate surface area is 171 Å². The highest BCUT2D eigenvalue weighted by atomic mass is 16.2. The molecule has 4 rings (SSSR count). The van der Waals surface area contributed by atoms with Crippen LogP contribution in [-0.4, -0.2) is 32.9 Å². The van der Waals surface area contributed by atoms with Crippen LogP contribution >= 0.6 is 0 Å². The number of benzene rings is 2. The van der Waals surface area contributed by atoms with E-state index in [1.807, 2.05) is 0 Å². The van der Waals surface area contributed by atoms with Crippen molar-refractivity contribution in [2.45, 2.75) is 18.9 Å². The quantitative estimate of drug-likeness (QED) is 0.606. The molecule has 9 nitrogen and oxygen atoms in total. The largest absolute Gasteiger partial charge is 0.340 e. The van der Waals surface area contributed by atoms with E-state index in [2.05, 4.69) is 16.0 Å². The first-order valence-electron chi connectivity index (χ1n) is 9.51. The molecule has 0 fully saturated rings. The van der Waals surface area contributed by atoms with Gasteiger partial charge in [0.15, 0.2) is 0 Å². The van der Waals surface area contributed by atoms with Crippen LogP contribution in [0.2, 0.25) is 0 Å². The van der Waals surface area contributed by atoms with Crippen LogP contribution in [0.15, 0.2) is 47.3 Å². The molecule has 3 aromatic rings. The molecule has 0 spiro atoms. The fourth-order valence-corrected chi connectivity index (χ4v) is 3.60. The number of aryl methyl sites for hydroxylation is 2. The lowest BCUT2D eigenvalue weighted by Crippen LogP contribution is -2.41. The zero-order valence-corrected chi connectivity index (χ0v) is 16.6. The smallest absolute Gasteiger partial charge is 0.328 e. The first kappa shape index (κ1) is 19.4. The molecule has 0 saturated heterocycles. The lowest BCUT2D eigenvalue weighted by Gasteiger charge is -2.14. The molecule has 0 unspecified atom stereocenters. The van der Waals surface area contributed by atoms with Gasteiger partial charge in [0.25, 0.3) is 5.91 Å². The van der Waals surface area contributed by atoms with Crippen molar-refractivity contribution in [1.29, 1.82) is 0 Å². The zero-order valence-electron chi connectivity index (χ0n) is 16.6. The summed E-state index contributed by atoms with van der Waals surface area (Å²) in [5, 5.41) is 8.17. The predicted molar refractivity (Wildman–Crippen MR) is 112 cm³/mol. The number of hydrogen-bond donors (Lipinski definition) is 3. The van der Waals surface area contributed by atoms with E-state index in [0.29, 0.717) is 22.5 Å². The topological polar surface area (TPSA) is 114 Å². The van der Waals surface area contributed by atoms with Gasteiger partial charge in [0.2, 0.25) is 11.8 Å². The summed E-state index contributed by atoms with van der Waals surface area (Å²) in [6.45, 7) is 0. The summed E-state index contributed by atoms with van der Waals surface area (Å²) in [6.07, 6.45) is 0.198. The number of amides is 3. The summed E-state index contributed by atoms with van der Waals surface area (Å²) >= 11 is 0. The molecule has 2 heterocycles. The van der Waals surface area contributed by atoms with Gasteiger partial charge in [-0.3, -0.25) is 23.5 Å². The lowest BCUT2D eigenvalue weighted by molar-refractivity contribution is -0.118. The van der Waals surface area contributed by atoms with Gasteiger partial charge in [-0.05, 0) is 36.8 Å². The minimum atomic E-state index is -0.812. The minimum absolute atomic E-state index is 0.0421. The molecule has 0 aliphatic carbocycles. The minimum Gasteiger partial charge on any atom is -0.340 e. The monoisotopic (exact) mass is 407 g/mol. The maximum atomic E-state index is 12.4. The Balaban J connectivity index is 1.42. The van der Waals surface area contributed by atoms with Crippen LogP contribution in [0.3, 0.4) is 0 Å². The predicted octanol–water partition coefficient (Wildman–Crippen LogP) is 1.35. The van der Waals surface area contributed by atoms with Crippen molar-refractivity contribution in [2.75, 3.05) is 10.6 Å². The van der Waals surface area contributed by atoms with Gasteiger partial charge in [0.1, 0.15) is 6.04 Å². The van der Waals surface area contributed by atoms with Crippen LogP contribution in [0.5, 0.6) is 0 Å². The fraction of sp³-hybridized carbons (Fsp3) is 0.238. The number of imidazole rings is 1. The molecule has 3 amide bonds. The molecule has 2 aromatic carbocycles. The highest BCUT2D eigenvalue weighted by Gasteiger charge is 2.27. The number of anilines is 2. The Morgan fingerprint density at radius 2 is 1.77 bits per heavy atom. The van der Waals surface area contributed by atoms with Crippen molar-refractivity contribution in [1.82, 2.24) is 14.5 Å². The second kappa shape index (κ2) is 7.51. The highest BCUT2D eigenvalue weighted by Crippen LogP contribution is 2.20. The van der Waals surface area contributed by atoms with E-state index in [1.165, 1.54) is 9.13 Å². The Morgan fingerprint density at radius 1 is 1.03 bits per heavy atom. The van der Waals surface area contributed by atoms with Gasteiger partial charge in [0.05, 0.1) is 22.3 Å². The van der Waals surface area contributed by atoms with Crippen molar-refractivity contribution < 1.29 is 14.4 Å². The molecular weight excluding hydrogens is 386 g/mol. The molecule has 3 N–H and O–H groups in total. The van der Waals surface area contributed by atoms with Crippen LogP contribution in [0.25, 0.3) is 11.0 Å². The molecule has 1 aromatic heterocycles. The Bertz CT molecular complexity index is 1240. The standard InChI is InChI=1S/C21H21N5O4/c1-25-16-9-7-12(11-17(16)26(2)21(25)30)22-18(27)10-8-15-20(29)23-14-6-4-3-5-13(14)19(28)24-15/h3-7,9,11,15H,8,10H2,1-2H3,(H,22,27)(H,23,29)(H,24,28)/t15-/m0/s1. The van der Waals surface area contributed by atoms with Crippen LogP contribution in [0.1, 0.15) is 23.2 Å². The van der Waals surface area contributed by atoms with E-state index >= 15 is 0 Å². The Kier molecular flexibility index (Phi) is 4.86. The summed E-state index contributed by atoms with van der Waals surface area (Å²) in [5.41, 5.74) is 2.71. The van der Waals surface area contributed by atoms with Crippen LogP contribution in [-0.2, 0) is 23.7 Å². The number of nitrogens with zero attached hydrogens (tertiary/aromatic N) is 2. The number of hydrogen-bond acceptors (Lipinski definition) is 4. The van der Waals surface area contributed by atoms with E-state index in [-0.39, 0.29) is 36.3 Å². The van der Waals surface area contributed by atoms with Crippen LogP contribution in [0, 0.1) is 0 Å². The number of fused-ring (bicyclic) bond motifs is 2. The average Bonchev–Trinajstić information content (AvgIpc) is 2.87. The summed E-state index contributed by atoms with van der Waals surface area (Å²) in [5.74, 6) is -1.01. The van der Waals surface area contributed by atoms with E-state index in [9.17, 15) is 19.2 Å². The third-order valence-corrected chi connectivity index (χ3v) is 5.27. The second-order valence-electron chi connectivity index (χ2n) is 7.25. The highest BCUT2D eigenvalue weighted by molar-refractivity contribution is 6.10. The third kappa shape index (κ3) is 3.45. The molecule has 30 heavy (non-hydrogen) atoms. The molecule has 9 heteroatoms. The van der Waals surface area contributed by atoms with Gasteiger partial charge in [-0.15, -0.1) is 0 Å². The van der Waals surface area contributed by atoms with Gasteiger partial charge in [-0.2, -0.15) is 0 Å². The summed E-state index contributed by atoms with van der Waals surface area (Å²) in [6, 6.07) is 11.1. The molecule has 0 radical (unpaired) electrons. The maximum Gasteiger partial charge on any atom is 0.328 e. The number of aromatic nitrogens is 2. The van der Waals surface area contributed by atoms with Gasteiger partial charge < -0.3 is 16.0 Å². The number of rotatable bonds is 4. The fourth-order valence-electron chi connectivity index (χ4n) is 3.60. The molecular formula is C21H21N5O4. The van der Waals surface area contributed by atoms with Gasteiger partial charge in [-0.25, -0.2) is 4.79 Å². The van der Waals surface area contributed by atoms with Crippen molar-refractivity contribution in [3.63, 3.8) is 0 Å². The lowest BCUT2D eigenvalue weighted by atomic mass is 10.1. The van der Waals surface area contributed by atoms with E-state index in [0.717, 1.165) is 5.52 Å². The molecule has 0 bridgehead atoms. The normalized spacial score (nSPS) is 15.9. The third-order valence-electron chi connectivity index (χ3n) is 5.27. The number of nitrogens with one attached hydrogen (secondary N) is 3. The van der Waals surface area contributed by atoms with Crippen molar-refractivity contribution in [3.05, 3.63) is 58.5 Å². The summed E-state index contributed by atoms with van der Waals surface area (Å²) in [4.78, 5) is 49.2. The molecule has 154 valence electrons. The van der Waals surface area contributed by atoms with E-state index < -0.39 is 6.04 Å². The zero-order chi connectivity index (χ0) is 21.4. The molecule has 1 aliphatic heterocycles. The van der Waals surface area contributed by atoms with Gasteiger partial charge in [0, 0.05) is 26.2 Å². The first-order chi connectivity index (χ1) is 14.3. The van der Waals surface area contributed by atoms with Crippen molar-refractivity contribution >= 4 is 40.1 Å². The van der Waals surface area contributed by atoms with Crippen LogP contribution in [0.4, 0.5) is 11.4 Å².